The molecule has 3 amide bonds. The van der Waals surface area contributed by atoms with Crippen molar-refractivity contribution in [1.29, 1.82) is 5.26 Å². The van der Waals surface area contributed by atoms with Crippen molar-refractivity contribution in [3.63, 3.8) is 0 Å². The molecule has 0 spiro atoms. The number of nitriles is 1. The van der Waals surface area contributed by atoms with Gasteiger partial charge in [-0.1, -0.05) is 17.7 Å². The predicted octanol–water partition coefficient (Wildman–Crippen LogP) is 4.25. The van der Waals surface area contributed by atoms with Crippen LogP contribution in [0.4, 0.5) is 16.6 Å². The molecule has 53 heavy (non-hydrogen) atoms. The van der Waals surface area contributed by atoms with Crippen molar-refractivity contribution in [2.75, 3.05) is 49.5 Å². The lowest BCUT2D eigenvalue weighted by molar-refractivity contribution is -0.120. The first-order valence-electron chi connectivity index (χ1n) is 17.7. The number of nitrogens with one attached hydrogen (secondary N) is 2. The van der Waals surface area contributed by atoms with Crippen molar-refractivity contribution >= 4 is 56.2 Å². The zero-order valence-corrected chi connectivity index (χ0v) is 31.1. The van der Waals surface area contributed by atoms with Gasteiger partial charge in [0.2, 0.25) is 21.9 Å². The average Bonchev–Trinajstić information content (AvgIpc) is 3.48. The van der Waals surface area contributed by atoms with E-state index < -0.39 is 16.1 Å². The summed E-state index contributed by atoms with van der Waals surface area (Å²) in [7, 11) is -1.96. The van der Waals surface area contributed by atoms with E-state index in [4.69, 9.17) is 16.3 Å². The van der Waals surface area contributed by atoms with E-state index in [1.54, 1.807) is 4.68 Å². The number of piperidine rings is 2. The summed E-state index contributed by atoms with van der Waals surface area (Å²) in [6, 6.07) is 12.4. The van der Waals surface area contributed by atoms with Crippen molar-refractivity contribution in [1.82, 2.24) is 34.3 Å². The average molecular weight is 761 g/mol. The minimum atomic E-state index is -3.81. The van der Waals surface area contributed by atoms with Crippen LogP contribution in [0.5, 0.6) is 5.75 Å². The van der Waals surface area contributed by atoms with Crippen molar-refractivity contribution in [2.24, 2.45) is 7.05 Å². The number of anilines is 2. The normalized spacial score (nSPS) is 18.9. The number of nitrogens with zero attached hydrogens (tertiary/aromatic N) is 8. The summed E-state index contributed by atoms with van der Waals surface area (Å²) in [5.41, 5.74) is 2.42. The molecule has 2 aromatic carbocycles. The number of hydrogen-bond acceptors (Lipinski definition) is 11. The molecule has 7 rings (SSSR count). The molecule has 2 aromatic heterocycles. The highest BCUT2D eigenvalue weighted by Gasteiger charge is 2.32. The Morgan fingerprint density at radius 2 is 1.77 bits per heavy atom. The van der Waals surface area contributed by atoms with Crippen LogP contribution in [0, 0.1) is 11.3 Å². The molecule has 0 aliphatic carbocycles. The number of hydrogen-bond donors (Lipinski definition) is 2. The largest absolute Gasteiger partial charge is 0.488 e. The van der Waals surface area contributed by atoms with Crippen LogP contribution in [0.15, 0.2) is 53.7 Å². The van der Waals surface area contributed by atoms with E-state index in [1.807, 2.05) is 20.0 Å². The van der Waals surface area contributed by atoms with Crippen molar-refractivity contribution in [2.45, 2.75) is 62.0 Å². The number of carbonyl (C=O) groups is 2. The van der Waals surface area contributed by atoms with Gasteiger partial charge in [-0.3, -0.25) is 24.6 Å². The second-order valence-corrected chi connectivity index (χ2v) is 16.2. The number of halogens is 1. The van der Waals surface area contributed by atoms with Crippen LogP contribution in [0.2, 0.25) is 5.02 Å². The Bertz CT molecular complexity index is 2160. The van der Waals surface area contributed by atoms with Gasteiger partial charge in [0, 0.05) is 57.1 Å². The second kappa shape index (κ2) is 15.3. The Balaban J connectivity index is 0.939. The van der Waals surface area contributed by atoms with Gasteiger partial charge in [-0.05, 0) is 81.4 Å². The van der Waals surface area contributed by atoms with Gasteiger partial charge in [-0.2, -0.15) is 14.7 Å². The predicted molar refractivity (Wildman–Crippen MR) is 198 cm³/mol. The van der Waals surface area contributed by atoms with Crippen LogP contribution in [-0.2, 0) is 21.9 Å². The summed E-state index contributed by atoms with van der Waals surface area (Å²) in [4.78, 5) is 36.4. The van der Waals surface area contributed by atoms with Crippen LogP contribution in [0.3, 0.4) is 0 Å². The first-order chi connectivity index (χ1) is 25.5. The number of imide groups is 1. The van der Waals surface area contributed by atoms with E-state index in [9.17, 15) is 23.3 Å². The Morgan fingerprint density at radius 3 is 2.47 bits per heavy atom. The first-order valence-corrected chi connectivity index (χ1v) is 19.6. The lowest BCUT2D eigenvalue weighted by Gasteiger charge is -2.34. The van der Waals surface area contributed by atoms with Crippen LogP contribution in [0.1, 0.15) is 56.1 Å². The molecule has 2 N–H and O–H groups in total. The SMILES string of the molecule is C[C@@H](CN1CCC(c2ccc3c(N4CCC(=O)NC4=O)nn(C)c3c2)CC1)Oc1cc(S(=O)(=O)N2CCC(Nc3ncc(Cl)cn3)CC2)ccc1C#N. The highest BCUT2D eigenvalue weighted by Crippen LogP contribution is 2.34. The van der Waals surface area contributed by atoms with E-state index in [2.05, 4.69) is 48.8 Å². The standard InChI is InChI=1S/C36H41ClN10O5S/c1-23(22-45-12-7-24(8-13-45)25-4-6-30-31(17-25)44(2)43-34(30)47-16-11-33(48)42-36(47)49)52-32-18-29(5-3-26(32)19-38)53(50,51)46-14-9-28(10-15-46)41-35-39-20-27(37)21-40-35/h3-6,17-18,20-21,23-24,28H,7-16,22H2,1-2H3,(H,39,40,41)(H,42,48,49)/t23-/m0/s1. The lowest BCUT2D eigenvalue weighted by Crippen LogP contribution is -2.49. The zero-order valence-electron chi connectivity index (χ0n) is 29.5. The number of aryl methyl sites for hydroxylation is 1. The monoisotopic (exact) mass is 760 g/mol. The molecule has 3 aliphatic heterocycles. The summed E-state index contributed by atoms with van der Waals surface area (Å²) in [6.07, 6.45) is 6.02. The topological polar surface area (TPSA) is 179 Å². The third-order valence-electron chi connectivity index (χ3n) is 10.2. The van der Waals surface area contributed by atoms with E-state index in [1.165, 1.54) is 45.4 Å². The molecule has 3 fully saturated rings. The molecule has 15 nitrogen and oxygen atoms in total. The Kier molecular flexibility index (Phi) is 10.5. The number of carbonyl (C=O) groups excluding carboxylic acids is 2. The number of urea groups is 1. The summed E-state index contributed by atoms with van der Waals surface area (Å²) in [5, 5.41) is 21.3. The van der Waals surface area contributed by atoms with E-state index >= 15 is 0 Å². The molecule has 3 aliphatic rings. The summed E-state index contributed by atoms with van der Waals surface area (Å²) in [5.74, 6) is 1.32. The van der Waals surface area contributed by atoms with Gasteiger partial charge in [-0.15, -0.1) is 0 Å². The molecular weight excluding hydrogens is 720 g/mol. The molecule has 5 heterocycles. The minimum Gasteiger partial charge on any atom is -0.488 e. The highest BCUT2D eigenvalue weighted by atomic mass is 35.5. The minimum absolute atomic E-state index is 0.0246. The van der Waals surface area contributed by atoms with Crippen LogP contribution in [-0.4, -0.2) is 101 Å². The van der Waals surface area contributed by atoms with Gasteiger partial charge in [-0.25, -0.2) is 23.2 Å². The lowest BCUT2D eigenvalue weighted by atomic mass is 9.89. The molecule has 3 saturated heterocycles. The third-order valence-corrected chi connectivity index (χ3v) is 12.3. The van der Waals surface area contributed by atoms with Crippen LogP contribution >= 0.6 is 11.6 Å². The molecular formula is C36H41ClN10O5S. The smallest absolute Gasteiger partial charge is 0.329 e. The van der Waals surface area contributed by atoms with E-state index in [0.717, 1.165) is 36.8 Å². The molecule has 0 radical (unpaired) electrons. The van der Waals surface area contributed by atoms with E-state index in [0.29, 0.717) is 61.7 Å². The highest BCUT2D eigenvalue weighted by molar-refractivity contribution is 7.89. The van der Waals surface area contributed by atoms with Gasteiger partial charge in [0.15, 0.2) is 5.82 Å². The van der Waals surface area contributed by atoms with Gasteiger partial charge in [0.25, 0.3) is 0 Å². The molecule has 0 saturated carbocycles. The van der Waals surface area contributed by atoms with Gasteiger partial charge < -0.3 is 10.1 Å². The number of benzene rings is 2. The van der Waals surface area contributed by atoms with Crippen molar-refractivity contribution in [3.8, 4) is 11.8 Å². The maximum Gasteiger partial charge on any atom is 0.329 e. The number of amides is 3. The van der Waals surface area contributed by atoms with Gasteiger partial charge in [0.05, 0.1) is 33.4 Å². The number of sulfonamides is 1. The molecule has 278 valence electrons. The van der Waals surface area contributed by atoms with Gasteiger partial charge in [0.1, 0.15) is 17.9 Å². The molecule has 4 aromatic rings. The summed E-state index contributed by atoms with van der Waals surface area (Å²) < 4.78 is 36.8. The first kappa shape index (κ1) is 36.5. The Morgan fingerprint density at radius 1 is 1.04 bits per heavy atom. The fourth-order valence-electron chi connectivity index (χ4n) is 7.35. The van der Waals surface area contributed by atoms with Crippen LogP contribution < -0.4 is 20.3 Å². The summed E-state index contributed by atoms with van der Waals surface area (Å²) in [6.45, 7) is 5.20. The Hall–Kier alpha value is -4.82. The molecule has 17 heteroatoms. The second-order valence-electron chi connectivity index (χ2n) is 13.8. The Labute approximate surface area is 312 Å². The number of aromatic nitrogens is 4. The molecule has 0 bridgehead atoms. The van der Waals surface area contributed by atoms with Gasteiger partial charge >= 0.3 is 6.03 Å². The van der Waals surface area contributed by atoms with E-state index in [-0.39, 0.29) is 40.7 Å². The zero-order chi connectivity index (χ0) is 37.3. The summed E-state index contributed by atoms with van der Waals surface area (Å²) >= 11 is 5.88. The molecule has 1 atom stereocenters. The fraction of sp³-hybridized carbons (Fsp3) is 0.444. The number of likely N-dealkylation sites (tertiary alicyclic amines) is 1. The maximum atomic E-state index is 13.7. The number of rotatable bonds is 10. The quantitative estimate of drug-likeness (QED) is 0.236. The van der Waals surface area contributed by atoms with Crippen molar-refractivity contribution < 1.29 is 22.7 Å². The van der Waals surface area contributed by atoms with Crippen LogP contribution in [0.25, 0.3) is 10.9 Å². The fourth-order valence-corrected chi connectivity index (χ4v) is 8.94. The molecule has 0 unspecified atom stereocenters. The van der Waals surface area contributed by atoms with Crippen molar-refractivity contribution in [3.05, 3.63) is 64.9 Å². The maximum absolute atomic E-state index is 13.7. The number of ether oxygens (including phenoxy) is 1. The number of fused-ring (bicyclic) bond motifs is 1. The third kappa shape index (κ3) is 7.93.